The molecule has 0 saturated heterocycles. The first-order valence-corrected chi connectivity index (χ1v) is 13.2. The number of hydrogen-bond acceptors (Lipinski definition) is 10. The van der Waals surface area contributed by atoms with Crippen LogP contribution in [-0.2, 0) is 27.3 Å². The number of rotatable bonds is 8. The second-order valence-corrected chi connectivity index (χ2v) is 11.1. The molecule has 212 valence electrons. The number of anilines is 1. The number of phenols is 1. The summed E-state index contributed by atoms with van der Waals surface area (Å²) in [6.45, 7) is 3.15. The molecule has 0 radical (unpaired) electrons. The number of amides is 1. The molecule has 4 atom stereocenters. The number of nitrogens with two attached hydrogens (primary N) is 1. The molecule has 0 spiro atoms. The van der Waals surface area contributed by atoms with Gasteiger partial charge in [-0.1, -0.05) is 13.3 Å². The van der Waals surface area contributed by atoms with E-state index in [0.717, 1.165) is 25.1 Å². The number of carbonyl (C=O) groups is 3. The molecule has 4 rings (SSSR count). The van der Waals surface area contributed by atoms with Gasteiger partial charge < -0.3 is 36.4 Å². The van der Waals surface area contributed by atoms with Crippen LogP contribution < -0.4 is 16.0 Å². The lowest BCUT2D eigenvalue weighted by atomic mass is 9.57. The van der Waals surface area contributed by atoms with Crippen molar-refractivity contribution in [2.24, 2.45) is 17.6 Å². The summed E-state index contributed by atoms with van der Waals surface area (Å²) in [6.07, 6.45) is 2.27. The zero-order chi connectivity index (χ0) is 29.0. The number of benzene rings is 1. The second-order valence-electron chi connectivity index (χ2n) is 11.1. The number of likely N-dealkylation sites (N-methyl/N-ethyl adjacent to an activating group) is 1. The molecule has 11 nitrogen and oxygen atoms in total. The lowest BCUT2D eigenvalue weighted by Crippen LogP contribution is -2.65. The number of phenolic OH excluding ortho intramolecular Hbond substituents is 1. The molecule has 1 saturated carbocycles. The molecule has 11 heteroatoms. The molecule has 0 heterocycles. The Morgan fingerprint density at radius 2 is 1.85 bits per heavy atom. The van der Waals surface area contributed by atoms with Crippen molar-refractivity contribution < 1.29 is 34.8 Å². The number of primary amides is 1. The highest BCUT2D eigenvalue weighted by Crippen LogP contribution is 2.54. The molecule has 4 unspecified atom stereocenters. The van der Waals surface area contributed by atoms with Crippen LogP contribution in [0.5, 0.6) is 5.75 Å². The van der Waals surface area contributed by atoms with Crippen LogP contribution in [0.3, 0.4) is 0 Å². The number of Topliss-reactive ketones (excluding diaryl/α,β-unsaturated/α-hetero) is 2. The second kappa shape index (κ2) is 10.3. The molecule has 1 amide bonds. The summed E-state index contributed by atoms with van der Waals surface area (Å²) in [4.78, 5) is 42.7. The monoisotopic (exact) mass is 542 g/mol. The Morgan fingerprint density at radius 3 is 2.41 bits per heavy atom. The van der Waals surface area contributed by atoms with E-state index in [-0.39, 0.29) is 29.7 Å². The van der Waals surface area contributed by atoms with E-state index in [9.17, 15) is 34.8 Å². The Morgan fingerprint density at radius 1 is 1.18 bits per heavy atom. The Kier molecular flexibility index (Phi) is 7.54. The van der Waals surface area contributed by atoms with Crippen molar-refractivity contribution in [1.82, 2.24) is 10.2 Å². The third-order valence-electron chi connectivity index (χ3n) is 8.28. The number of aliphatic hydroxyl groups excluding tert-OH is 2. The van der Waals surface area contributed by atoms with Crippen LogP contribution >= 0.6 is 0 Å². The Hall–Kier alpha value is -3.41. The standard InChI is InChI=1S/C28H38N4O7/c1-6-7-8-30-12-14-11-17(31(2)3)15-9-13-10-16-21(32(4)5)24(35)20(27(29)38)26(37)28(16,39)25(36)18(13)23(34)19(15)22(14)33/h11,13,16,21,30,33-34,37,39H,6-10,12H2,1-5H3,(H2,29,38). The minimum Gasteiger partial charge on any atom is -0.508 e. The highest BCUT2D eigenvalue weighted by Gasteiger charge is 2.64. The molecule has 1 fully saturated rings. The smallest absolute Gasteiger partial charge is 0.255 e. The van der Waals surface area contributed by atoms with Crippen LogP contribution in [0.15, 0.2) is 23.0 Å². The van der Waals surface area contributed by atoms with Crippen LogP contribution in [0.2, 0.25) is 0 Å². The summed E-state index contributed by atoms with van der Waals surface area (Å²) in [7, 11) is 6.84. The minimum absolute atomic E-state index is 0.0553. The molecule has 0 bridgehead atoms. The van der Waals surface area contributed by atoms with E-state index >= 15 is 0 Å². The number of aliphatic hydroxyl groups is 3. The summed E-state index contributed by atoms with van der Waals surface area (Å²) in [5.74, 6) is -6.51. The van der Waals surface area contributed by atoms with Crippen molar-refractivity contribution >= 4 is 28.9 Å². The maximum absolute atomic E-state index is 14.0. The molecule has 0 aromatic heterocycles. The molecule has 3 aliphatic rings. The predicted octanol–water partition coefficient (Wildman–Crippen LogP) is 0.920. The zero-order valence-corrected chi connectivity index (χ0v) is 23.0. The van der Waals surface area contributed by atoms with Crippen molar-refractivity contribution in [2.75, 3.05) is 39.6 Å². The first-order valence-electron chi connectivity index (χ1n) is 13.2. The van der Waals surface area contributed by atoms with Crippen LogP contribution in [0.25, 0.3) is 5.76 Å². The number of carbonyl (C=O) groups excluding carboxylic acids is 3. The van der Waals surface area contributed by atoms with E-state index in [0.29, 0.717) is 17.7 Å². The SMILES string of the molecule is CCCCNCc1cc(N(C)C)c2c(c1O)C(O)=C1C(=O)C3(O)C(O)=C(C(N)=O)C(=O)C(N(C)C)C3CC1C2. The van der Waals surface area contributed by atoms with Crippen LogP contribution in [0.1, 0.15) is 42.9 Å². The van der Waals surface area contributed by atoms with Crippen molar-refractivity contribution in [3.05, 3.63) is 39.7 Å². The lowest BCUT2D eigenvalue weighted by molar-refractivity contribution is -0.153. The lowest BCUT2D eigenvalue weighted by Gasteiger charge is -2.50. The first kappa shape index (κ1) is 28.6. The van der Waals surface area contributed by atoms with Gasteiger partial charge in [-0.15, -0.1) is 0 Å². The topological polar surface area (TPSA) is 177 Å². The van der Waals surface area contributed by atoms with E-state index in [2.05, 4.69) is 12.2 Å². The number of ketones is 2. The third-order valence-corrected chi connectivity index (χ3v) is 8.28. The van der Waals surface area contributed by atoms with E-state index < -0.39 is 58.0 Å². The number of hydrogen-bond donors (Lipinski definition) is 6. The van der Waals surface area contributed by atoms with Crippen LogP contribution in [0, 0.1) is 11.8 Å². The van der Waals surface area contributed by atoms with Crippen molar-refractivity contribution in [3.63, 3.8) is 0 Å². The number of nitrogens with one attached hydrogen (secondary N) is 1. The van der Waals surface area contributed by atoms with E-state index in [1.807, 2.05) is 25.1 Å². The van der Waals surface area contributed by atoms with Crippen molar-refractivity contribution in [3.8, 4) is 5.75 Å². The summed E-state index contributed by atoms with van der Waals surface area (Å²) < 4.78 is 0. The fourth-order valence-electron chi connectivity index (χ4n) is 6.40. The highest BCUT2D eigenvalue weighted by molar-refractivity contribution is 6.24. The van der Waals surface area contributed by atoms with Gasteiger partial charge >= 0.3 is 0 Å². The molecule has 3 aliphatic carbocycles. The predicted molar refractivity (Wildman–Crippen MR) is 145 cm³/mol. The Bertz CT molecular complexity index is 1300. The summed E-state index contributed by atoms with van der Waals surface area (Å²) in [5.41, 5.74) is 3.79. The maximum Gasteiger partial charge on any atom is 0.255 e. The molecule has 1 aromatic carbocycles. The summed E-state index contributed by atoms with van der Waals surface area (Å²) in [5, 5.41) is 48.8. The normalized spacial score (nSPS) is 26.5. The molecule has 39 heavy (non-hydrogen) atoms. The van der Waals surface area contributed by atoms with Gasteiger partial charge in [0, 0.05) is 43.4 Å². The van der Waals surface area contributed by atoms with Crippen LogP contribution in [0.4, 0.5) is 5.69 Å². The Balaban J connectivity index is 1.92. The Labute approximate surface area is 227 Å². The van der Waals surface area contributed by atoms with E-state index in [4.69, 9.17) is 5.73 Å². The maximum atomic E-state index is 14.0. The molecular formula is C28H38N4O7. The van der Waals surface area contributed by atoms with Gasteiger partial charge in [-0.25, -0.2) is 0 Å². The highest BCUT2D eigenvalue weighted by atomic mass is 16.3. The molecular weight excluding hydrogens is 504 g/mol. The fraction of sp³-hybridized carbons (Fsp3) is 0.536. The van der Waals surface area contributed by atoms with Gasteiger partial charge in [0.25, 0.3) is 5.91 Å². The number of nitrogens with zero attached hydrogens (tertiary/aromatic N) is 2. The fourth-order valence-corrected chi connectivity index (χ4v) is 6.40. The molecule has 7 N–H and O–H groups in total. The zero-order valence-electron chi connectivity index (χ0n) is 23.0. The van der Waals surface area contributed by atoms with Gasteiger partial charge in [0.15, 0.2) is 11.4 Å². The van der Waals surface area contributed by atoms with Crippen molar-refractivity contribution in [1.29, 1.82) is 0 Å². The van der Waals surface area contributed by atoms with Crippen LogP contribution in [-0.4, -0.2) is 89.2 Å². The minimum atomic E-state index is -2.65. The van der Waals surface area contributed by atoms with Gasteiger partial charge in [-0.05, 0) is 57.5 Å². The summed E-state index contributed by atoms with van der Waals surface area (Å²) in [6, 6.07) is 0.744. The molecule has 1 aromatic rings. The molecule has 0 aliphatic heterocycles. The van der Waals surface area contributed by atoms with Gasteiger partial charge in [-0.2, -0.15) is 0 Å². The first-order chi connectivity index (χ1) is 18.3. The quantitative estimate of drug-likeness (QED) is 0.205. The number of fused-ring (bicyclic) bond motifs is 3. The number of unbranched alkanes of at least 4 members (excludes halogenated alkanes) is 1. The van der Waals surface area contributed by atoms with E-state index in [1.165, 1.54) is 4.90 Å². The number of aromatic hydroxyl groups is 1. The van der Waals surface area contributed by atoms with Gasteiger partial charge in [-0.3, -0.25) is 19.3 Å². The van der Waals surface area contributed by atoms with Gasteiger partial charge in [0.1, 0.15) is 22.8 Å². The average Bonchev–Trinajstić information content (AvgIpc) is 2.84. The van der Waals surface area contributed by atoms with Crippen molar-refractivity contribution in [2.45, 2.75) is 50.8 Å². The third kappa shape index (κ3) is 4.29. The van der Waals surface area contributed by atoms with Gasteiger partial charge in [0.2, 0.25) is 5.78 Å². The van der Waals surface area contributed by atoms with Gasteiger partial charge in [0.05, 0.1) is 11.6 Å². The van der Waals surface area contributed by atoms with E-state index in [1.54, 1.807) is 14.1 Å². The summed E-state index contributed by atoms with van der Waals surface area (Å²) >= 11 is 0. The average molecular weight is 543 g/mol. The largest absolute Gasteiger partial charge is 0.508 e.